The predicted molar refractivity (Wildman–Crippen MR) is 90.3 cm³/mol. The minimum absolute atomic E-state index is 0.110. The molecule has 2 aromatic rings. The van der Waals surface area contributed by atoms with Crippen LogP contribution in [0.2, 0.25) is 5.02 Å². The number of nitrogens with zero attached hydrogens (tertiary/aromatic N) is 1. The lowest BCUT2D eigenvalue weighted by Crippen LogP contribution is -2.26. The van der Waals surface area contributed by atoms with Gasteiger partial charge < -0.3 is 9.67 Å². The second-order valence-corrected chi connectivity index (χ2v) is 7.94. The number of halogens is 2. The van der Waals surface area contributed by atoms with Crippen molar-refractivity contribution in [1.82, 2.24) is 4.57 Å². The Morgan fingerprint density at radius 3 is 2.71 bits per heavy atom. The molecule has 0 saturated carbocycles. The summed E-state index contributed by atoms with van der Waals surface area (Å²) in [5.74, 6) is 0. The van der Waals surface area contributed by atoms with Crippen LogP contribution in [0.1, 0.15) is 43.3 Å². The van der Waals surface area contributed by atoms with E-state index in [9.17, 15) is 5.11 Å². The number of fused-ring (bicyclic) bond motifs is 1. The van der Waals surface area contributed by atoms with Gasteiger partial charge in [-0.15, -0.1) is 0 Å². The van der Waals surface area contributed by atoms with Crippen molar-refractivity contribution in [3.63, 3.8) is 0 Å². The summed E-state index contributed by atoms with van der Waals surface area (Å²) in [5.41, 5.74) is 4.61. The monoisotopic (exact) mass is 367 g/mol. The van der Waals surface area contributed by atoms with Gasteiger partial charge in [-0.25, -0.2) is 0 Å². The first-order valence-electron chi connectivity index (χ1n) is 7.13. The van der Waals surface area contributed by atoms with Gasteiger partial charge in [-0.2, -0.15) is 0 Å². The van der Waals surface area contributed by atoms with Crippen LogP contribution in [0.4, 0.5) is 0 Å². The second-order valence-electron chi connectivity index (χ2n) is 6.68. The number of aryl methyl sites for hydroxylation is 1. The molecule has 1 unspecified atom stereocenters. The molecule has 0 bridgehead atoms. The van der Waals surface area contributed by atoms with E-state index in [2.05, 4.69) is 47.3 Å². The van der Waals surface area contributed by atoms with Gasteiger partial charge in [0.05, 0.1) is 11.1 Å². The fourth-order valence-electron chi connectivity index (χ4n) is 3.33. The van der Waals surface area contributed by atoms with Crippen molar-refractivity contribution < 1.29 is 5.11 Å². The Bertz CT molecular complexity index is 705. The lowest BCUT2D eigenvalue weighted by Gasteiger charge is -2.34. The van der Waals surface area contributed by atoms with Gasteiger partial charge in [0.2, 0.25) is 0 Å². The number of rotatable bonds is 1. The van der Waals surface area contributed by atoms with Gasteiger partial charge in [0, 0.05) is 27.1 Å². The Hall–Kier alpha value is -0.770. The molecular weight excluding hydrogens is 350 g/mol. The van der Waals surface area contributed by atoms with E-state index >= 15 is 0 Å². The number of aromatic nitrogens is 1. The van der Waals surface area contributed by atoms with Crippen LogP contribution in [0.3, 0.4) is 0 Å². The molecule has 0 spiro atoms. The molecule has 3 rings (SSSR count). The molecule has 4 heteroatoms. The minimum Gasteiger partial charge on any atom is -0.388 e. The summed E-state index contributed by atoms with van der Waals surface area (Å²) in [6.45, 7) is 6.51. The standard InChI is InChI=1S/C17H19BrClNO/c1-10-6-12-15(8-17(2,3)9-16(12)21)20(10)11-4-5-14(19)13(18)7-11/h4-7,16,21H,8-9H2,1-3H3. The van der Waals surface area contributed by atoms with E-state index in [1.165, 1.54) is 5.69 Å². The number of aliphatic hydroxyl groups is 1. The third kappa shape index (κ3) is 2.67. The lowest BCUT2D eigenvalue weighted by atomic mass is 9.75. The molecule has 1 N–H and O–H groups in total. The summed E-state index contributed by atoms with van der Waals surface area (Å²) in [6.07, 6.45) is 1.40. The smallest absolute Gasteiger partial charge is 0.0812 e. The van der Waals surface area contributed by atoms with Crippen LogP contribution < -0.4 is 0 Å². The van der Waals surface area contributed by atoms with Crippen molar-refractivity contribution in [2.75, 3.05) is 0 Å². The normalized spacial score (nSPS) is 20.4. The Balaban J connectivity index is 2.18. The first kappa shape index (κ1) is 15.1. The molecule has 1 aliphatic carbocycles. The van der Waals surface area contributed by atoms with Crippen molar-refractivity contribution >= 4 is 27.5 Å². The zero-order valence-electron chi connectivity index (χ0n) is 12.5. The van der Waals surface area contributed by atoms with E-state index in [-0.39, 0.29) is 11.5 Å². The molecule has 0 saturated heterocycles. The minimum atomic E-state index is -0.376. The average molecular weight is 369 g/mol. The van der Waals surface area contributed by atoms with E-state index in [1.807, 2.05) is 18.2 Å². The fraction of sp³-hybridized carbons (Fsp3) is 0.412. The fourth-order valence-corrected chi connectivity index (χ4v) is 3.81. The Morgan fingerprint density at radius 1 is 1.33 bits per heavy atom. The zero-order valence-corrected chi connectivity index (χ0v) is 14.8. The van der Waals surface area contributed by atoms with Crippen LogP contribution in [0, 0.1) is 12.3 Å². The maximum Gasteiger partial charge on any atom is 0.0812 e. The van der Waals surface area contributed by atoms with Crippen LogP contribution in [0.5, 0.6) is 0 Å². The Labute approximate surface area is 138 Å². The van der Waals surface area contributed by atoms with Gasteiger partial charge in [0.15, 0.2) is 0 Å². The Kier molecular flexibility index (Phi) is 3.71. The molecule has 0 aliphatic heterocycles. The van der Waals surface area contributed by atoms with Gasteiger partial charge in [-0.1, -0.05) is 25.4 Å². The van der Waals surface area contributed by atoms with Gasteiger partial charge in [-0.05, 0) is 65.4 Å². The van der Waals surface area contributed by atoms with Crippen molar-refractivity contribution in [1.29, 1.82) is 0 Å². The SMILES string of the molecule is Cc1cc2c(n1-c1ccc(Cl)c(Br)c1)CC(C)(C)CC2O. The first-order valence-corrected chi connectivity index (χ1v) is 8.30. The summed E-state index contributed by atoms with van der Waals surface area (Å²) in [6, 6.07) is 8.06. The molecular formula is C17H19BrClNO. The molecule has 1 atom stereocenters. The highest BCUT2D eigenvalue weighted by atomic mass is 79.9. The maximum absolute atomic E-state index is 10.4. The van der Waals surface area contributed by atoms with Crippen LogP contribution >= 0.6 is 27.5 Å². The molecule has 0 amide bonds. The van der Waals surface area contributed by atoms with E-state index in [0.717, 1.165) is 34.3 Å². The van der Waals surface area contributed by atoms with Gasteiger partial charge in [0.1, 0.15) is 0 Å². The molecule has 1 aromatic carbocycles. The van der Waals surface area contributed by atoms with Crippen LogP contribution in [-0.2, 0) is 6.42 Å². The zero-order chi connectivity index (χ0) is 15.4. The molecule has 0 fully saturated rings. The highest BCUT2D eigenvalue weighted by Gasteiger charge is 2.34. The first-order chi connectivity index (χ1) is 9.78. The summed E-state index contributed by atoms with van der Waals surface area (Å²) in [5, 5.41) is 11.1. The number of hydrogen-bond donors (Lipinski definition) is 1. The van der Waals surface area contributed by atoms with E-state index < -0.39 is 0 Å². The summed E-state index contributed by atoms with van der Waals surface area (Å²) < 4.78 is 3.12. The third-order valence-corrected chi connectivity index (χ3v) is 5.45. The molecule has 21 heavy (non-hydrogen) atoms. The average Bonchev–Trinajstić information content (AvgIpc) is 2.68. The van der Waals surface area contributed by atoms with Gasteiger partial charge in [-0.3, -0.25) is 0 Å². The summed E-state index contributed by atoms with van der Waals surface area (Å²) in [4.78, 5) is 0. The molecule has 1 aromatic heterocycles. The van der Waals surface area contributed by atoms with E-state index in [0.29, 0.717) is 5.02 Å². The lowest BCUT2D eigenvalue weighted by molar-refractivity contribution is 0.0987. The summed E-state index contributed by atoms with van der Waals surface area (Å²) >= 11 is 9.59. The van der Waals surface area contributed by atoms with Crippen molar-refractivity contribution in [3.05, 3.63) is 50.7 Å². The topological polar surface area (TPSA) is 25.2 Å². The molecule has 1 aliphatic rings. The van der Waals surface area contributed by atoms with Crippen molar-refractivity contribution in [2.45, 2.75) is 39.7 Å². The maximum atomic E-state index is 10.4. The molecule has 112 valence electrons. The van der Waals surface area contributed by atoms with Crippen LogP contribution in [-0.4, -0.2) is 9.67 Å². The molecule has 2 nitrogen and oxygen atoms in total. The molecule has 1 heterocycles. The Morgan fingerprint density at radius 2 is 2.05 bits per heavy atom. The largest absolute Gasteiger partial charge is 0.388 e. The number of aliphatic hydroxyl groups excluding tert-OH is 1. The van der Waals surface area contributed by atoms with E-state index in [1.54, 1.807) is 0 Å². The number of benzene rings is 1. The third-order valence-electron chi connectivity index (χ3n) is 4.23. The quantitative estimate of drug-likeness (QED) is 0.734. The molecule has 0 radical (unpaired) electrons. The predicted octanol–water partition coefficient (Wildman–Crippen LogP) is 5.21. The number of hydrogen-bond acceptors (Lipinski definition) is 1. The highest BCUT2D eigenvalue weighted by Crippen LogP contribution is 2.43. The van der Waals surface area contributed by atoms with E-state index in [4.69, 9.17) is 11.6 Å². The van der Waals surface area contributed by atoms with Crippen molar-refractivity contribution in [3.8, 4) is 5.69 Å². The van der Waals surface area contributed by atoms with Crippen LogP contribution in [0.25, 0.3) is 5.69 Å². The van der Waals surface area contributed by atoms with Gasteiger partial charge >= 0.3 is 0 Å². The second kappa shape index (κ2) is 5.15. The van der Waals surface area contributed by atoms with Crippen LogP contribution in [0.15, 0.2) is 28.7 Å². The highest BCUT2D eigenvalue weighted by molar-refractivity contribution is 9.10. The summed E-state index contributed by atoms with van der Waals surface area (Å²) in [7, 11) is 0. The van der Waals surface area contributed by atoms with Gasteiger partial charge in [0.25, 0.3) is 0 Å². The van der Waals surface area contributed by atoms with Crippen molar-refractivity contribution in [2.24, 2.45) is 5.41 Å².